The third-order valence-corrected chi connectivity index (χ3v) is 8.33. The zero-order valence-corrected chi connectivity index (χ0v) is 18.8. The number of nitrogens with one attached hydrogen (secondary N) is 2. The van der Waals surface area contributed by atoms with Crippen LogP contribution in [0.4, 0.5) is 16.0 Å². The molecule has 0 saturated heterocycles. The predicted molar refractivity (Wildman–Crippen MR) is 119 cm³/mol. The van der Waals surface area contributed by atoms with E-state index < -0.39 is 14.6 Å². The Morgan fingerprint density at radius 3 is 2.55 bits per heavy atom. The highest BCUT2D eigenvalue weighted by atomic mass is 127. The van der Waals surface area contributed by atoms with E-state index >= 15 is 0 Å². The first kappa shape index (κ1) is 20.0. The lowest BCUT2D eigenvalue weighted by Crippen LogP contribution is -2.28. The Morgan fingerprint density at radius 2 is 1.83 bits per heavy atom. The van der Waals surface area contributed by atoms with E-state index in [2.05, 4.69) is 25.5 Å². The number of hydrogen-bond donors (Lipinski definition) is 2. The lowest BCUT2D eigenvalue weighted by Gasteiger charge is -2.20. The van der Waals surface area contributed by atoms with Gasteiger partial charge in [0.15, 0.2) is 15.7 Å². The molecular formula is C19H17FIN5O2S. The van der Waals surface area contributed by atoms with E-state index in [1.807, 2.05) is 22.6 Å². The zero-order valence-electron chi connectivity index (χ0n) is 15.8. The van der Waals surface area contributed by atoms with Crippen LogP contribution in [0.2, 0.25) is 0 Å². The van der Waals surface area contributed by atoms with Gasteiger partial charge in [0.1, 0.15) is 18.0 Å². The van der Waals surface area contributed by atoms with Crippen LogP contribution < -0.4 is 5.32 Å². The maximum Gasteiger partial charge on any atom is 0.184 e. The molecule has 2 aromatic heterocycles. The lowest BCUT2D eigenvalue weighted by molar-refractivity contribution is 0.560. The second-order valence-corrected chi connectivity index (χ2v) is 11.4. The molecule has 2 N–H and O–H groups in total. The summed E-state index contributed by atoms with van der Waals surface area (Å²) in [7, 11) is -3.58. The Morgan fingerprint density at radius 1 is 1.07 bits per heavy atom. The monoisotopic (exact) mass is 525 g/mol. The number of H-pyrrole nitrogens is 1. The van der Waals surface area contributed by atoms with Gasteiger partial charge in [-0.05, 0) is 73.7 Å². The number of halogens is 2. The van der Waals surface area contributed by atoms with E-state index in [1.54, 1.807) is 39.0 Å². The van der Waals surface area contributed by atoms with Crippen molar-refractivity contribution in [1.29, 1.82) is 0 Å². The molecule has 0 aliphatic heterocycles. The van der Waals surface area contributed by atoms with Crippen molar-refractivity contribution in [3.8, 4) is 0 Å². The molecule has 29 heavy (non-hydrogen) atoms. The van der Waals surface area contributed by atoms with E-state index in [1.165, 1.54) is 18.5 Å². The van der Waals surface area contributed by atoms with Crippen molar-refractivity contribution in [2.75, 3.05) is 5.32 Å². The van der Waals surface area contributed by atoms with Crippen LogP contribution in [0.3, 0.4) is 0 Å². The minimum Gasteiger partial charge on any atom is -0.322 e. The fourth-order valence-electron chi connectivity index (χ4n) is 2.89. The third kappa shape index (κ3) is 3.44. The van der Waals surface area contributed by atoms with E-state index in [0.717, 1.165) is 0 Å². The van der Waals surface area contributed by atoms with Crippen molar-refractivity contribution in [3.63, 3.8) is 0 Å². The van der Waals surface area contributed by atoms with Gasteiger partial charge in [-0.2, -0.15) is 5.10 Å². The maximum atomic E-state index is 13.7. The number of anilines is 2. The van der Waals surface area contributed by atoms with Gasteiger partial charge in [0.2, 0.25) is 0 Å². The summed E-state index contributed by atoms with van der Waals surface area (Å²) in [6.07, 6.45) is 1.38. The minimum atomic E-state index is -3.58. The third-order valence-electron chi connectivity index (χ3n) is 4.55. The highest BCUT2D eigenvalue weighted by molar-refractivity contribution is 14.1. The van der Waals surface area contributed by atoms with Gasteiger partial charge in [-0.1, -0.05) is 0 Å². The SMILES string of the molecule is CC(C)(C)S(=O)(=O)c1cc2c(Nc3n[nH]c4ccc(F)cc34)ncnc2cc1I. The first-order valence-electron chi connectivity index (χ1n) is 8.67. The highest BCUT2D eigenvalue weighted by Gasteiger charge is 2.33. The molecule has 0 radical (unpaired) electrons. The summed E-state index contributed by atoms with van der Waals surface area (Å²) >= 11 is 2.00. The molecule has 0 bridgehead atoms. The minimum absolute atomic E-state index is 0.217. The molecular weight excluding hydrogens is 508 g/mol. The summed E-state index contributed by atoms with van der Waals surface area (Å²) in [5.74, 6) is 0.385. The summed E-state index contributed by atoms with van der Waals surface area (Å²) in [6, 6.07) is 7.59. The lowest BCUT2D eigenvalue weighted by atomic mass is 10.2. The number of hydrogen-bond acceptors (Lipinski definition) is 6. The number of rotatable bonds is 3. The number of benzene rings is 2. The molecule has 0 amide bonds. The number of fused-ring (bicyclic) bond motifs is 2. The molecule has 7 nitrogen and oxygen atoms in total. The van der Waals surface area contributed by atoms with Crippen LogP contribution in [0.15, 0.2) is 41.6 Å². The Kier molecular flexibility index (Phi) is 4.73. The molecule has 0 atom stereocenters. The van der Waals surface area contributed by atoms with Crippen LogP contribution in [0.5, 0.6) is 0 Å². The smallest absolute Gasteiger partial charge is 0.184 e. The van der Waals surface area contributed by atoms with Crippen LogP contribution in [-0.4, -0.2) is 33.3 Å². The molecule has 10 heteroatoms. The molecule has 4 aromatic rings. The highest BCUT2D eigenvalue weighted by Crippen LogP contribution is 2.34. The second kappa shape index (κ2) is 6.87. The summed E-state index contributed by atoms with van der Waals surface area (Å²) < 4.78 is 39.4. The fourth-order valence-corrected chi connectivity index (χ4v) is 5.46. The van der Waals surface area contributed by atoms with Gasteiger partial charge < -0.3 is 5.32 Å². The van der Waals surface area contributed by atoms with E-state index in [-0.39, 0.29) is 10.7 Å². The molecule has 0 fully saturated rings. The summed E-state index contributed by atoms with van der Waals surface area (Å²) in [5, 5.41) is 11.2. The van der Waals surface area contributed by atoms with Crippen LogP contribution in [0, 0.1) is 9.39 Å². The van der Waals surface area contributed by atoms with Gasteiger partial charge in [-0.15, -0.1) is 0 Å². The number of sulfone groups is 1. The molecule has 150 valence electrons. The molecule has 0 aliphatic rings. The molecule has 0 saturated carbocycles. The van der Waals surface area contributed by atoms with Gasteiger partial charge in [-0.3, -0.25) is 5.10 Å². The number of aromatic amines is 1. The van der Waals surface area contributed by atoms with E-state index in [0.29, 0.717) is 37.0 Å². The molecule has 2 aromatic carbocycles. The van der Waals surface area contributed by atoms with E-state index in [4.69, 9.17) is 0 Å². The molecule has 0 spiro atoms. The summed E-state index contributed by atoms with van der Waals surface area (Å²) in [4.78, 5) is 8.73. The largest absolute Gasteiger partial charge is 0.322 e. The van der Waals surface area contributed by atoms with Crippen molar-refractivity contribution in [1.82, 2.24) is 20.2 Å². The molecule has 2 heterocycles. The second-order valence-electron chi connectivity index (χ2n) is 7.52. The molecule has 0 unspecified atom stereocenters. The van der Waals surface area contributed by atoms with Gasteiger partial charge in [0.05, 0.1) is 20.7 Å². The van der Waals surface area contributed by atoms with Crippen molar-refractivity contribution in [2.24, 2.45) is 0 Å². The standard InChI is InChI=1S/C19H17FIN5O2S/c1-19(2,3)29(27,28)16-7-12-15(8-13(16)21)22-9-23-17(12)24-18-11-6-10(20)4-5-14(11)25-26-18/h4-9H,1-3H3,(H2,22,23,24,25,26). The van der Waals surface area contributed by atoms with Crippen molar-refractivity contribution in [2.45, 2.75) is 30.4 Å². The topological polar surface area (TPSA) is 101 Å². The Bertz CT molecular complexity index is 1360. The van der Waals surface area contributed by atoms with Crippen LogP contribution >= 0.6 is 22.6 Å². The van der Waals surface area contributed by atoms with Crippen LogP contribution in [0.25, 0.3) is 21.8 Å². The van der Waals surface area contributed by atoms with E-state index in [9.17, 15) is 12.8 Å². The Balaban J connectivity index is 1.89. The zero-order chi connectivity index (χ0) is 21.0. The Hall–Kier alpha value is -2.34. The normalized spacial score (nSPS) is 12.6. The average molecular weight is 525 g/mol. The predicted octanol–water partition coefficient (Wildman–Crippen LogP) is 4.57. The van der Waals surface area contributed by atoms with Crippen LogP contribution in [0.1, 0.15) is 20.8 Å². The first-order chi connectivity index (χ1) is 13.6. The van der Waals surface area contributed by atoms with Gasteiger partial charge >= 0.3 is 0 Å². The van der Waals surface area contributed by atoms with Crippen molar-refractivity contribution in [3.05, 3.63) is 46.0 Å². The number of nitrogens with zero attached hydrogens (tertiary/aromatic N) is 3. The average Bonchev–Trinajstić information content (AvgIpc) is 3.02. The van der Waals surface area contributed by atoms with Crippen LogP contribution in [-0.2, 0) is 9.84 Å². The summed E-state index contributed by atoms with van der Waals surface area (Å²) in [5.41, 5.74) is 1.25. The molecule has 4 rings (SSSR count). The maximum absolute atomic E-state index is 13.7. The van der Waals surface area contributed by atoms with Crippen molar-refractivity contribution < 1.29 is 12.8 Å². The van der Waals surface area contributed by atoms with Gasteiger partial charge in [0, 0.05) is 14.3 Å². The Labute approximate surface area is 180 Å². The molecule has 0 aliphatic carbocycles. The van der Waals surface area contributed by atoms with Gasteiger partial charge in [-0.25, -0.2) is 22.8 Å². The number of aromatic nitrogens is 4. The first-order valence-corrected chi connectivity index (χ1v) is 11.2. The quantitative estimate of drug-likeness (QED) is 0.381. The van der Waals surface area contributed by atoms with Gasteiger partial charge in [0.25, 0.3) is 0 Å². The summed E-state index contributed by atoms with van der Waals surface area (Å²) in [6.45, 7) is 4.98. The van der Waals surface area contributed by atoms with Crippen molar-refractivity contribution >= 4 is 65.9 Å². The fraction of sp³-hybridized carbons (Fsp3) is 0.211.